The Morgan fingerprint density at radius 2 is 2.00 bits per heavy atom. The zero-order valence-electron chi connectivity index (χ0n) is 9.99. The summed E-state index contributed by atoms with van der Waals surface area (Å²) < 4.78 is 5.57. The van der Waals surface area contributed by atoms with Crippen LogP contribution in [0.3, 0.4) is 0 Å². The summed E-state index contributed by atoms with van der Waals surface area (Å²) in [5.74, 6) is 0. The van der Waals surface area contributed by atoms with E-state index in [4.69, 9.17) is 4.74 Å². The lowest BCUT2D eigenvalue weighted by Gasteiger charge is -2.02. The first-order chi connectivity index (χ1) is 7.93. The van der Waals surface area contributed by atoms with Gasteiger partial charge in [-0.2, -0.15) is 0 Å². The summed E-state index contributed by atoms with van der Waals surface area (Å²) in [4.78, 5) is 0. The van der Waals surface area contributed by atoms with Gasteiger partial charge in [-0.05, 0) is 37.0 Å². The van der Waals surface area contributed by atoms with E-state index in [2.05, 4.69) is 30.9 Å². The van der Waals surface area contributed by atoms with Gasteiger partial charge in [-0.1, -0.05) is 37.3 Å². The van der Waals surface area contributed by atoms with Gasteiger partial charge in [0.1, 0.15) is 0 Å². The highest BCUT2D eigenvalue weighted by Crippen LogP contribution is 2.01. The van der Waals surface area contributed by atoms with Crippen LogP contribution in [0.15, 0.2) is 48.2 Å². The van der Waals surface area contributed by atoms with E-state index in [1.54, 1.807) is 0 Å². The van der Waals surface area contributed by atoms with Crippen LogP contribution in [0.2, 0.25) is 0 Å². The molecule has 0 saturated heterocycles. The lowest BCUT2D eigenvalue weighted by Crippen LogP contribution is -1.94. The van der Waals surface area contributed by atoms with Crippen molar-refractivity contribution in [2.24, 2.45) is 0 Å². The number of hydrogen-bond donors (Lipinski definition) is 0. The van der Waals surface area contributed by atoms with E-state index < -0.39 is 0 Å². The molecule has 0 aliphatic heterocycles. The first-order valence-corrected chi connectivity index (χ1v) is 5.94. The number of benzene rings is 1. The molecule has 0 aliphatic carbocycles. The summed E-state index contributed by atoms with van der Waals surface area (Å²) in [6.07, 6.45) is 7.30. The van der Waals surface area contributed by atoms with Crippen molar-refractivity contribution in [2.45, 2.75) is 32.8 Å². The highest BCUT2D eigenvalue weighted by molar-refractivity contribution is 5.13. The third-order valence-electron chi connectivity index (χ3n) is 2.19. The molecule has 0 heterocycles. The molecular weight excluding hydrogens is 196 g/mol. The predicted molar refractivity (Wildman–Crippen MR) is 68.3 cm³/mol. The van der Waals surface area contributed by atoms with Crippen LogP contribution >= 0.6 is 0 Å². The molecule has 1 nitrogen and oxygen atoms in total. The molecule has 0 radical (unpaired) electrons. The van der Waals surface area contributed by atoms with Crippen molar-refractivity contribution in [1.29, 1.82) is 0 Å². The van der Waals surface area contributed by atoms with Gasteiger partial charge >= 0.3 is 0 Å². The second-order valence-electron chi connectivity index (χ2n) is 3.66. The molecule has 0 aromatic heterocycles. The van der Waals surface area contributed by atoms with E-state index in [1.165, 1.54) is 5.56 Å². The lowest BCUT2D eigenvalue weighted by molar-refractivity contribution is 0.119. The Labute approximate surface area is 98.5 Å². The quantitative estimate of drug-likeness (QED) is 0.492. The van der Waals surface area contributed by atoms with Gasteiger partial charge in [0.15, 0.2) is 0 Å². The van der Waals surface area contributed by atoms with Gasteiger partial charge in [-0.15, -0.1) is 5.73 Å². The van der Waals surface area contributed by atoms with E-state index in [0.717, 1.165) is 32.5 Å². The Balaban J connectivity index is 2.02. The molecule has 0 atom stereocenters. The maximum atomic E-state index is 5.57. The SMILES string of the molecule is CCC=C=CCCCOCc1ccccc1. The third kappa shape index (κ3) is 6.23. The topological polar surface area (TPSA) is 9.23 Å². The summed E-state index contributed by atoms with van der Waals surface area (Å²) in [7, 11) is 0. The molecule has 0 aliphatic rings. The van der Waals surface area contributed by atoms with E-state index in [0.29, 0.717) is 0 Å². The van der Waals surface area contributed by atoms with Crippen molar-refractivity contribution >= 4 is 0 Å². The molecule has 0 unspecified atom stereocenters. The Morgan fingerprint density at radius 1 is 1.19 bits per heavy atom. The van der Waals surface area contributed by atoms with Crippen LogP contribution in [0.4, 0.5) is 0 Å². The standard InChI is InChI=1S/C15H20O/c1-2-3-4-5-6-10-13-16-14-15-11-8-7-9-12-15/h3,5,7-9,11-12H,2,6,10,13-14H2,1H3. The maximum Gasteiger partial charge on any atom is 0.0716 e. The van der Waals surface area contributed by atoms with Gasteiger partial charge in [-0.25, -0.2) is 0 Å². The molecular formula is C15H20O. The van der Waals surface area contributed by atoms with Crippen LogP contribution in [0.1, 0.15) is 31.7 Å². The minimum Gasteiger partial charge on any atom is -0.377 e. The summed E-state index contributed by atoms with van der Waals surface area (Å²) in [6, 6.07) is 10.3. The smallest absolute Gasteiger partial charge is 0.0716 e. The van der Waals surface area contributed by atoms with Crippen LogP contribution in [-0.2, 0) is 11.3 Å². The fourth-order valence-corrected chi connectivity index (χ4v) is 1.34. The second kappa shape index (κ2) is 8.96. The summed E-state index contributed by atoms with van der Waals surface area (Å²) in [5, 5.41) is 0. The summed E-state index contributed by atoms with van der Waals surface area (Å²) in [5.41, 5.74) is 4.38. The van der Waals surface area contributed by atoms with Crippen molar-refractivity contribution in [2.75, 3.05) is 6.61 Å². The highest BCUT2D eigenvalue weighted by atomic mass is 16.5. The fraction of sp³-hybridized carbons (Fsp3) is 0.400. The molecule has 0 N–H and O–H groups in total. The van der Waals surface area contributed by atoms with Gasteiger partial charge in [-0.3, -0.25) is 0 Å². The molecule has 1 rings (SSSR count). The number of hydrogen-bond acceptors (Lipinski definition) is 1. The summed E-state index contributed by atoms with van der Waals surface area (Å²) >= 11 is 0. The fourth-order valence-electron chi connectivity index (χ4n) is 1.34. The average Bonchev–Trinajstić information content (AvgIpc) is 2.34. The number of ether oxygens (including phenoxy) is 1. The lowest BCUT2D eigenvalue weighted by atomic mass is 10.2. The molecule has 1 aromatic rings. The van der Waals surface area contributed by atoms with Gasteiger partial charge in [0.05, 0.1) is 6.61 Å². The van der Waals surface area contributed by atoms with Gasteiger partial charge < -0.3 is 4.74 Å². The van der Waals surface area contributed by atoms with Gasteiger partial charge in [0.25, 0.3) is 0 Å². The normalized spacial score (nSPS) is 9.56. The van der Waals surface area contributed by atoms with Crippen LogP contribution in [0.5, 0.6) is 0 Å². The van der Waals surface area contributed by atoms with E-state index in [9.17, 15) is 0 Å². The first kappa shape index (κ1) is 12.8. The molecule has 0 bridgehead atoms. The number of unbranched alkanes of at least 4 members (excludes halogenated alkanes) is 1. The molecule has 0 amide bonds. The third-order valence-corrected chi connectivity index (χ3v) is 2.19. The minimum atomic E-state index is 0.718. The Kier molecular flexibility index (Phi) is 7.15. The van der Waals surface area contributed by atoms with Gasteiger partial charge in [0.2, 0.25) is 0 Å². The van der Waals surface area contributed by atoms with Crippen molar-refractivity contribution < 1.29 is 4.74 Å². The molecule has 0 spiro atoms. The van der Waals surface area contributed by atoms with Crippen molar-refractivity contribution in [3.63, 3.8) is 0 Å². The van der Waals surface area contributed by atoms with Crippen molar-refractivity contribution in [3.05, 3.63) is 53.8 Å². The molecule has 1 aromatic carbocycles. The zero-order valence-corrected chi connectivity index (χ0v) is 9.99. The van der Waals surface area contributed by atoms with Crippen molar-refractivity contribution in [3.8, 4) is 0 Å². The van der Waals surface area contributed by atoms with Crippen molar-refractivity contribution in [1.82, 2.24) is 0 Å². The predicted octanol–water partition coefficient (Wildman–Crippen LogP) is 4.10. The average molecular weight is 216 g/mol. The summed E-state index contributed by atoms with van der Waals surface area (Å²) in [6.45, 7) is 3.65. The number of rotatable bonds is 7. The second-order valence-corrected chi connectivity index (χ2v) is 3.66. The first-order valence-electron chi connectivity index (χ1n) is 5.94. The molecule has 1 heteroatoms. The van der Waals surface area contributed by atoms with E-state index >= 15 is 0 Å². The minimum absolute atomic E-state index is 0.718. The maximum absolute atomic E-state index is 5.57. The Bertz CT molecular complexity index is 321. The molecule has 86 valence electrons. The molecule has 16 heavy (non-hydrogen) atoms. The van der Waals surface area contributed by atoms with Crippen LogP contribution in [0.25, 0.3) is 0 Å². The molecule has 0 fully saturated rings. The largest absolute Gasteiger partial charge is 0.377 e. The van der Waals surface area contributed by atoms with E-state index in [-0.39, 0.29) is 0 Å². The Morgan fingerprint density at radius 3 is 2.75 bits per heavy atom. The van der Waals surface area contributed by atoms with E-state index in [1.807, 2.05) is 24.3 Å². The zero-order chi connectivity index (χ0) is 11.5. The molecule has 0 saturated carbocycles. The number of allylic oxidation sites excluding steroid dienone is 1. The van der Waals surface area contributed by atoms with Crippen LogP contribution in [0, 0.1) is 0 Å². The van der Waals surface area contributed by atoms with Crippen LogP contribution in [-0.4, -0.2) is 6.61 Å². The van der Waals surface area contributed by atoms with Gasteiger partial charge in [0, 0.05) is 6.61 Å². The monoisotopic (exact) mass is 216 g/mol. The Hall–Kier alpha value is -1.30. The van der Waals surface area contributed by atoms with Crippen LogP contribution < -0.4 is 0 Å². The highest BCUT2D eigenvalue weighted by Gasteiger charge is 1.90.